The molecule has 1 atom stereocenters. The molecule has 1 heteroatoms. The van der Waals surface area contributed by atoms with Crippen molar-refractivity contribution in [3.05, 3.63) is 0 Å². The van der Waals surface area contributed by atoms with Crippen LogP contribution in [0.1, 0.15) is 40.0 Å². The quantitative estimate of drug-likeness (QED) is 0.626. The summed E-state index contributed by atoms with van der Waals surface area (Å²) < 4.78 is 0. The summed E-state index contributed by atoms with van der Waals surface area (Å²) >= 11 is 0. The van der Waals surface area contributed by atoms with Gasteiger partial charge in [0.05, 0.1) is 0 Å². The Hall–Kier alpha value is -0.0400. The summed E-state index contributed by atoms with van der Waals surface area (Å²) in [5.41, 5.74) is 6.38. The van der Waals surface area contributed by atoms with Crippen LogP contribution in [0.3, 0.4) is 0 Å². The van der Waals surface area contributed by atoms with Crippen molar-refractivity contribution in [1.82, 2.24) is 0 Å². The minimum atomic E-state index is 0.419. The molecule has 0 saturated heterocycles. The van der Waals surface area contributed by atoms with E-state index in [1.54, 1.807) is 0 Å². The lowest BCUT2D eigenvalue weighted by atomic mass is 9.87. The fraction of sp³-hybridized carbons (Fsp3) is 1.00. The molecule has 1 aliphatic rings. The average molecular weight is 141 g/mol. The number of nitrogens with two attached hydrogens (primary N) is 1. The van der Waals surface area contributed by atoms with Crippen LogP contribution in [0.2, 0.25) is 0 Å². The highest BCUT2D eigenvalue weighted by atomic mass is 14.7. The van der Waals surface area contributed by atoms with Crippen LogP contribution in [0.25, 0.3) is 0 Å². The molecule has 0 aromatic heterocycles. The molecule has 0 heterocycles. The molecule has 0 bridgehead atoms. The van der Waals surface area contributed by atoms with Crippen molar-refractivity contribution < 1.29 is 0 Å². The van der Waals surface area contributed by atoms with Gasteiger partial charge in [-0.3, -0.25) is 0 Å². The topological polar surface area (TPSA) is 26.0 Å². The molecular weight excluding hydrogens is 122 g/mol. The predicted octanol–water partition coefficient (Wildman–Crippen LogP) is 2.16. The number of hydrogen-bond donors (Lipinski definition) is 1. The first-order chi connectivity index (χ1) is 4.49. The Balaban J connectivity index is 2.23. The zero-order chi connectivity index (χ0) is 7.78. The summed E-state index contributed by atoms with van der Waals surface area (Å²) in [6.45, 7) is 6.78. The third-order valence-electron chi connectivity index (χ3n) is 2.08. The molecule has 1 nitrogen and oxygen atoms in total. The Morgan fingerprint density at radius 3 is 2.20 bits per heavy atom. The minimum absolute atomic E-state index is 0.419. The molecule has 0 spiro atoms. The highest BCUT2D eigenvalue weighted by Gasteiger charge is 2.30. The lowest BCUT2D eigenvalue weighted by molar-refractivity contribution is 0.324. The average Bonchev–Trinajstić information content (AvgIpc) is 2.35. The summed E-state index contributed by atoms with van der Waals surface area (Å²) in [7, 11) is 0. The van der Waals surface area contributed by atoms with Crippen molar-refractivity contribution in [3.63, 3.8) is 0 Å². The lowest BCUT2D eigenvalue weighted by Crippen LogP contribution is -2.28. The van der Waals surface area contributed by atoms with Crippen LogP contribution in [-0.2, 0) is 0 Å². The normalized spacial score (nSPS) is 22.8. The van der Waals surface area contributed by atoms with Crippen LogP contribution in [-0.4, -0.2) is 6.04 Å². The Morgan fingerprint density at radius 2 is 1.90 bits per heavy atom. The van der Waals surface area contributed by atoms with Crippen LogP contribution in [0.15, 0.2) is 0 Å². The van der Waals surface area contributed by atoms with Gasteiger partial charge in [0, 0.05) is 6.04 Å². The molecular formula is C9H19N. The second-order valence-electron chi connectivity index (χ2n) is 4.77. The summed E-state index contributed by atoms with van der Waals surface area (Å²) in [6.07, 6.45) is 3.92. The van der Waals surface area contributed by atoms with Gasteiger partial charge >= 0.3 is 0 Å². The summed E-state index contributed by atoms with van der Waals surface area (Å²) in [5, 5.41) is 0. The van der Waals surface area contributed by atoms with Crippen LogP contribution in [0.4, 0.5) is 0 Å². The molecule has 0 radical (unpaired) electrons. The van der Waals surface area contributed by atoms with Gasteiger partial charge in [0.25, 0.3) is 0 Å². The summed E-state index contributed by atoms with van der Waals surface area (Å²) in [5.74, 6) is 0.860. The van der Waals surface area contributed by atoms with Crippen LogP contribution in [0, 0.1) is 11.3 Å². The molecule has 0 aromatic rings. The van der Waals surface area contributed by atoms with E-state index in [2.05, 4.69) is 20.8 Å². The van der Waals surface area contributed by atoms with Crippen molar-refractivity contribution in [3.8, 4) is 0 Å². The summed E-state index contributed by atoms with van der Waals surface area (Å²) in [6, 6.07) is 0.472. The minimum Gasteiger partial charge on any atom is -0.327 e. The maximum Gasteiger partial charge on any atom is 0.00721 e. The molecule has 60 valence electrons. The van der Waals surface area contributed by atoms with E-state index in [4.69, 9.17) is 5.73 Å². The van der Waals surface area contributed by atoms with E-state index in [1.807, 2.05) is 0 Å². The van der Waals surface area contributed by atoms with Crippen molar-refractivity contribution in [2.45, 2.75) is 46.1 Å². The van der Waals surface area contributed by atoms with Crippen molar-refractivity contribution in [2.75, 3.05) is 0 Å². The van der Waals surface area contributed by atoms with E-state index >= 15 is 0 Å². The third kappa shape index (κ3) is 2.70. The van der Waals surface area contributed by atoms with E-state index in [0.717, 1.165) is 5.92 Å². The molecule has 1 aliphatic carbocycles. The lowest BCUT2D eigenvalue weighted by Gasteiger charge is -2.22. The Bertz CT molecular complexity index is 108. The van der Waals surface area contributed by atoms with Crippen LogP contribution < -0.4 is 5.73 Å². The van der Waals surface area contributed by atoms with E-state index < -0.39 is 0 Å². The second-order valence-corrected chi connectivity index (χ2v) is 4.77. The van der Waals surface area contributed by atoms with Gasteiger partial charge in [-0.15, -0.1) is 0 Å². The SMILES string of the molecule is CC(C)(C)C[C@@H](N)C1CC1. The van der Waals surface area contributed by atoms with Gasteiger partial charge in [0.1, 0.15) is 0 Å². The van der Waals surface area contributed by atoms with E-state index in [9.17, 15) is 0 Å². The Morgan fingerprint density at radius 1 is 1.40 bits per heavy atom. The van der Waals surface area contributed by atoms with Gasteiger partial charge in [-0.2, -0.15) is 0 Å². The van der Waals surface area contributed by atoms with Crippen LogP contribution >= 0.6 is 0 Å². The van der Waals surface area contributed by atoms with Gasteiger partial charge in [0.2, 0.25) is 0 Å². The van der Waals surface area contributed by atoms with Gasteiger partial charge in [-0.05, 0) is 30.6 Å². The van der Waals surface area contributed by atoms with Crippen molar-refractivity contribution in [1.29, 1.82) is 0 Å². The molecule has 2 N–H and O–H groups in total. The highest BCUT2D eigenvalue weighted by molar-refractivity contribution is 4.86. The Kier molecular flexibility index (Phi) is 2.04. The molecule has 0 unspecified atom stereocenters. The maximum absolute atomic E-state index is 5.97. The Labute approximate surface area is 64.0 Å². The second kappa shape index (κ2) is 2.54. The number of rotatable bonds is 2. The van der Waals surface area contributed by atoms with Gasteiger partial charge in [0.15, 0.2) is 0 Å². The molecule has 1 saturated carbocycles. The third-order valence-corrected chi connectivity index (χ3v) is 2.08. The first kappa shape index (κ1) is 8.06. The fourth-order valence-corrected chi connectivity index (χ4v) is 1.40. The monoisotopic (exact) mass is 141 g/mol. The van der Waals surface area contributed by atoms with Gasteiger partial charge in [-0.25, -0.2) is 0 Å². The van der Waals surface area contributed by atoms with Crippen molar-refractivity contribution >= 4 is 0 Å². The first-order valence-electron chi connectivity index (χ1n) is 4.24. The zero-order valence-corrected chi connectivity index (χ0v) is 7.35. The fourth-order valence-electron chi connectivity index (χ4n) is 1.40. The molecule has 10 heavy (non-hydrogen) atoms. The molecule has 0 amide bonds. The molecule has 0 aromatic carbocycles. The maximum atomic E-state index is 5.97. The van der Waals surface area contributed by atoms with Crippen LogP contribution in [0.5, 0.6) is 0 Å². The predicted molar refractivity (Wildman–Crippen MR) is 44.8 cm³/mol. The first-order valence-corrected chi connectivity index (χ1v) is 4.24. The molecule has 0 aliphatic heterocycles. The largest absolute Gasteiger partial charge is 0.327 e. The molecule has 1 fully saturated rings. The zero-order valence-electron chi connectivity index (χ0n) is 7.35. The van der Waals surface area contributed by atoms with Gasteiger partial charge < -0.3 is 5.73 Å². The van der Waals surface area contributed by atoms with Crippen molar-refractivity contribution in [2.24, 2.45) is 17.1 Å². The van der Waals surface area contributed by atoms with E-state index in [0.29, 0.717) is 11.5 Å². The molecule has 1 rings (SSSR count). The van der Waals surface area contributed by atoms with Gasteiger partial charge in [-0.1, -0.05) is 20.8 Å². The van der Waals surface area contributed by atoms with E-state index in [-0.39, 0.29) is 0 Å². The smallest absolute Gasteiger partial charge is 0.00721 e. The summed E-state index contributed by atoms with van der Waals surface area (Å²) in [4.78, 5) is 0. The highest BCUT2D eigenvalue weighted by Crippen LogP contribution is 2.36. The van der Waals surface area contributed by atoms with E-state index in [1.165, 1.54) is 19.3 Å². The standard InChI is InChI=1S/C9H19N/c1-9(2,3)6-8(10)7-4-5-7/h7-8H,4-6,10H2,1-3H3/t8-/m1/s1. The number of hydrogen-bond acceptors (Lipinski definition) is 1.